The summed E-state index contributed by atoms with van der Waals surface area (Å²) < 4.78 is 23.3. The second-order valence-electron chi connectivity index (χ2n) is 7.83. The maximum Gasteiger partial charge on any atom is 0.229 e. The van der Waals surface area contributed by atoms with Crippen LogP contribution in [0.25, 0.3) is 0 Å². The van der Waals surface area contributed by atoms with Gasteiger partial charge in [-0.15, -0.1) is 0 Å². The topological polar surface area (TPSA) is 113 Å². The minimum atomic E-state index is -3.08. The van der Waals surface area contributed by atoms with E-state index in [1.165, 1.54) is 0 Å². The highest BCUT2D eigenvalue weighted by Gasteiger charge is 2.41. The molecule has 150 valence electrons. The molecule has 3 aliphatic rings. The Balaban J connectivity index is 1.32. The van der Waals surface area contributed by atoms with Crippen molar-refractivity contribution in [3.05, 3.63) is 24.3 Å². The smallest absolute Gasteiger partial charge is 0.229 e. The van der Waals surface area contributed by atoms with E-state index in [0.29, 0.717) is 17.8 Å². The summed E-state index contributed by atoms with van der Waals surface area (Å²) in [5.41, 5.74) is 1.27. The summed E-state index contributed by atoms with van der Waals surface area (Å²) in [4.78, 5) is 38.1. The molecular weight excluding hydrogens is 382 g/mol. The maximum atomic E-state index is 12.5. The Bertz CT molecular complexity index is 908. The highest BCUT2D eigenvalue weighted by molar-refractivity contribution is 7.91. The summed E-state index contributed by atoms with van der Waals surface area (Å²) in [6, 6.07) is 6.55. The summed E-state index contributed by atoms with van der Waals surface area (Å²) in [6.07, 6.45) is 2.40. The molecule has 3 amide bonds. The van der Waals surface area contributed by atoms with Crippen LogP contribution in [0, 0.1) is 11.8 Å². The molecule has 8 nitrogen and oxygen atoms in total. The zero-order valence-corrected chi connectivity index (χ0v) is 16.2. The Morgan fingerprint density at radius 3 is 2.00 bits per heavy atom. The quantitative estimate of drug-likeness (QED) is 0.759. The first-order valence-electron chi connectivity index (χ1n) is 9.52. The zero-order valence-electron chi connectivity index (χ0n) is 15.4. The normalized spacial score (nSPS) is 26.3. The Labute approximate surface area is 163 Å². The van der Waals surface area contributed by atoms with Crippen molar-refractivity contribution in [1.29, 1.82) is 0 Å². The number of likely N-dealkylation sites (tertiary alicyclic amines) is 1. The lowest BCUT2D eigenvalue weighted by atomic mass is 10.1. The Morgan fingerprint density at radius 2 is 1.50 bits per heavy atom. The summed E-state index contributed by atoms with van der Waals surface area (Å²) in [7, 11) is -3.08. The predicted octanol–water partition coefficient (Wildman–Crippen LogP) is 1.01. The van der Waals surface area contributed by atoms with Crippen LogP contribution in [-0.4, -0.2) is 55.1 Å². The van der Waals surface area contributed by atoms with Crippen LogP contribution in [0.2, 0.25) is 0 Å². The van der Waals surface area contributed by atoms with Crippen LogP contribution in [0.15, 0.2) is 24.3 Å². The first-order chi connectivity index (χ1) is 13.3. The SMILES string of the molecule is O=C(Nc1ccc(NC(=O)C2CC(=O)N(C3CCS(=O)(=O)C3)C2)cc1)C1CC1. The van der Waals surface area contributed by atoms with Crippen LogP contribution >= 0.6 is 0 Å². The van der Waals surface area contributed by atoms with Gasteiger partial charge in [-0.1, -0.05) is 0 Å². The van der Waals surface area contributed by atoms with E-state index in [0.717, 1.165) is 12.8 Å². The first-order valence-corrected chi connectivity index (χ1v) is 11.3. The Hall–Kier alpha value is -2.42. The average Bonchev–Trinajstić information content (AvgIpc) is 3.34. The predicted molar refractivity (Wildman–Crippen MR) is 103 cm³/mol. The monoisotopic (exact) mass is 405 g/mol. The van der Waals surface area contributed by atoms with Crippen molar-refractivity contribution in [2.24, 2.45) is 11.8 Å². The molecule has 0 radical (unpaired) electrons. The van der Waals surface area contributed by atoms with Gasteiger partial charge in [0, 0.05) is 36.3 Å². The fourth-order valence-corrected chi connectivity index (χ4v) is 5.48. The number of nitrogens with zero attached hydrogens (tertiary/aromatic N) is 1. The molecule has 1 saturated carbocycles. The van der Waals surface area contributed by atoms with Crippen LogP contribution < -0.4 is 10.6 Å². The van der Waals surface area contributed by atoms with Crippen LogP contribution in [-0.2, 0) is 24.2 Å². The number of sulfone groups is 1. The maximum absolute atomic E-state index is 12.5. The lowest BCUT2D eigenvalue weighted by Crippen LogP contribution is -2.38. The van der Waals surface area contributed by atoms with E-state index in [1.807, 2.05) is 0 Å². The second-order valence-corrected chi connectivity index (χ2v) is 10.1. The average molecular weight is 405 g/mol. The second kappa shape index (κ2) is 7.20. The van der Waals surface area contributed by atoms with Crippen molar-refractivity contribution >= 4 is 38.9 Å². The lowest BCUT2D eigenvalue weighted by Gasteiger charge is -2.22. The van der Waals surface area contributed by atoms with E-state index in [4.69, 9.17) is 0 Å². The number of hydrogen-bond donors (Lipinski definition) is 2. The number of amides is 3. The van der Waals surface area contributed by atoms with Gasteiger partial charge in [0.1, 0.15) is 0 Å². The highest BCUT2D eigenvalue weighted by atomic mass is 32.2. The molecule has 2 aliphatic heterocycles. The van der Waals surface area contributed by atoms with Crippen LogP contribution in [0.4, 0.5) is 11.4 Å². The van der Waals surface area contributed by atoms with Gasteiger partial charge in [-0.2, -0.15) is 0 Å². The van der Waals surface area contributed by atoms with E-state index in [-0.39, 0.29) is 54.2 Å². The fourth-order valence-electron chi connectivity index (χ4n) is 3.75. The summed E-state index contributed by atoms with van der Waals surface area (Å²) in [5.74, 6) is -0.687. The minimum Gasteiger partial charge on any atom is -0.338 e. The summed E-state index contributed by atoms with van der Waals surface area (Å²) >= 11 is 0. The van der Waals surface area contributed by atoms with Gasteiger partial charge in [-0.3, -0.25) is 14.4 Å². The van der Waals surface area contributed by atoms with Crippen LogP contribution in [0.1, 0.15) is 25.7 Å². The molecule has 28 heavy (non-hydrogen) atoms. The van der Waals surface area contributed by atoms with Crippen molar-refractivity contribution in [2.45, 2.75) is 31.7 Å². The lowest BCUT2D eigenvalue weighted by molar-refractivity contribution is -0.129. The van der Waals surface area contributed by atoms with Gasteiger partial charge in [0.25, 0.3) is 0 Å². The third-order valence-electron chi connectivity index (χ3n) is 5.55. The highest BCUT2D eigenvalue weighted by Crippen LogP contribution is 2.30. The van der Waals surface area contributed by atoms with Crippen molar-refractivity contribution in [2.75, 3.05) is 28.7 Å². The number of hydrogen-bond acceptors (Lipinski definition) is 5. The van der Waals surface area contributed by atoms with E-state index in [9.17, 15) is 22.8 Å². The Kier molecular flexibility index (Phi) is 4.86. The molecule has 3 fully saturated rings. The first kappa shape index (κ1) is 18.9. The molecule has 0 spiro atoms. The minimum absolute atomic E-state index is 0.0128. The van der Waals surface area contributed by atoms with Crippen molar-refractivity contribution in [3.8, 4) is 0 Å². The van der Waals surface area contributed by atoms with Gasteiger partial charge in [0.05, 0.1) is 17.4 Å². The molecular formula is C19H23N3O5S. The van der Waals surface area contributed by atoms with Gasteiger partial charge in [0.2, 0.25) is 17.7 Å². The number of anilines is 2. The van der Waals surface area contributed by atoms with Crippen molar-refractivity contribution in [1.82, 2.24) is 4.90 Å². The van der Waals surface area contributed by atoms with Gasteiger partial charge in [-0.25, -0.2) is 8.42 Å². The van der Waals surface area contributed by atoms with Gasteiger partial charge in [0.15, 0.2) is 9.84 Å². The molecule has 0 bridgehead atoms. The van der Waals surface area contributed by atoms with Gasteiger partial charge >= 0.3 is 0 Å². The van der Waals surface area contributed by atoms with Crippen LogP contribution in [0.5, 0.6) is 0 Å². The Morgan fingerprint density at radius 1 is 0.929 bits per heavy atom. The molecule has 2 atom stereocenters. The molecule has 0 aromatic heterocycles. The van der Waals surface area contributed by atoms with E-state index < -0.39 is 15.8 Å². The number of rotatable bonds is 5. The molecule has 4 rings (SSSR count). The fraction of sp³-hybridized carbons (Fsp3) is 0.526. The van der Waals surface area contributed by atoms with Gasteiger partial charge in [-0.05, 0) is 43.5 Å². The third-order valence-corrected chi connectivity index (χ3v) is 7.30. The van der Waals surface area contributed by atoms with Crippen molar-refractivity contribution in [3.63, 3.8) is 0 Å². The molecule has 2 unspecified atom stereocenters. The number of nitrogens with one attached hydrogen (secondary N) is 2. The van der Waals surface area contributed by atoms with E-state index >= 15 is 0 Å². The number of benzene rings is 1. The van der Waals surface area contributed by atoms with Crippen molar-refractivity contribution < 1.29 is 22.8 Å². The molecule has 2 saturated heterocycles. The molecule has 2 heterocycles. The zero-order chi connectivity index (χ0) is 19.9. The van der Waals surface area contributed by atoms with E-state index in [1.54, 1.807) is 29.2 Å². The number of carbonyl (C=O) groups excluding carboxylic acids is 3. The molecule has 1 aromatic rings. The number of carbonyl (C=O) groups is 3. The van der Waals surface area contributed by atoms with E-state index in [2.05, 4.69) is 10.6 Å². The molecule has 2 N–H and O–H groups in total. The standard InChI is InChI=1S/C19H23N3O5S/c23-17-9-13(10-22(17)16-7-8-28(26,27)11-16)19(25)21-15-5-3-14(4-6-15)20-18(24)12-1-2-12/h3-6,12-13,16H,1-2,7-11H2,(H,20,24)(H,21,25). The molecule has 1 aromatic carbocycles. The van der Waals surface area contributed by atoms with Gasteiger partial charge < -0.3 is 15.5 Å². The summed E-state index contributed by atoms with van der Waals surface area (Å²) in [5, 5.41) is 5.64. The largest absolute Gasteiger partial charge is 0.338 e. The summed E-state index contributed by atoms with van der Waals surface area (Å²) in [6.45, 7) is 0.250. The molecule has 1 aliphatic carbocycles. The van der Waals surface area contributed by atoms with Crippen LogP contribution in [0.3, 0.4) is 0 Å². The molecule has 9 heteroatoms. The third kappa shape index (κ3) is 4.19.